The third-order valence-corrected chi connectivity index (χ3v) is 19.8. The highest BCUT2D eigenvalue weighted by Crippen LogP contribution is 2.50. The molecule has 31 nitrogen and oxygen atoms in total. The second kappa shape index (κ2) is 30.9. The molecule has 2 saturated heterocycles. The number of carboxylic acids is 1. The minimum absolute atomic E-state index is 0.0984. The Kier molecular flexibility index (Phi) is 22.1. The number of amides is 6. The van der Waals surface area contributed by atoms with Crippen molar-refractivity contribution in [3.63, 3.8) is 0 Å². The number of aliphatic carboxylic acids is 1. The lowest BCUT2D eigenvalue weighted by molar-refractivity contribution is -0.334. The summed E-state index contributed by atoms with van der Waals surface area (Å²) >= 11 is 20.2. The Balaban J connectivity index is 1.02. The molecule has 558 valence electrons. The fourth-order valence-corrected chi connectivity index (χ4v) is 13.8. The van der Waals surface area contributed by atoms with Crippen LogP contribution in [0, 0.1) is 0 Å². The molecular formula is C72H71Cl3N8O23. The molecule has 2 fully saturated rings. The molecular weight excluding hydrogens is 1450 g/mol. The number of aromatic hydroxyl groups is 3. The van der Waals surface area contributed by atoms with E-state index in [-0.39, 0.29) is 46.2 Å². The van der Waals surface area contributed by atoms with E-state index in [1.54, 1.807) is 26.0 Å². The van der Waals surface area contributed by atoms with Crippen molar-refractivity contribution in [2.24, 2.45) is 11.5 Å². The van der Waals surface area contributed by atoms with Crippen molar-refractivity contribution < 1.29 is 113 Å². The quantitative estimate of drug-likeness (QED) is 0.0832. The number of fused-ring (bicyclic) bond motifs is 15. The smallest absolute Gasteiger partial charge is 0.330 e. The van der Waals surface area contributed by atoms with Crippen molar-refractivity contribution in [2.75, 3.05) is 6.61 Å². The minimum Gasteiger partial charge on any atom is -0.508 e. The molecule has 17 atom stereocenters. The van der Waals surface area contributed by atoms with E-state index in [4.69, 9.17) is 74.7 Å². The molecule has 6 amide bonds. The molecule has 0 aromatic heterocycles. The van der Waals surface area contributed by atoms with Gasteiger partial charge in [0, 0.05) is 46.3 Å². The zero-order valence-corrected chi connectivity index (χ0v) is 58.0. The van der Waals surface area contributed by atoms with Gasteiger partial charge in [-0.15, -0.1) is 0 Å². The molecule has 7 aliphatic rings. The van der Waals surface area contributed by atoms with Crippen LogP contribution >= 0.6 is 34.8 Å². The van der Waals surface area contributed by atoms with Crippen LogP contribution in [0.1, 0.15) is 90.4 Å². The molecule has 7 aliphatic heterocycles. The SMILES string of the molecule is C[C@@H]1O[C@@H](O[C@H]2[C@H](Oc3c4cc5cc3Oc3ccc(cc3Cl)[C@@H](O)[C@@H](N)C(=O)N[C@@H](CC(N)=O)C(=O)N[C@H]5C(=O)N[C@H]3C(=O)N[C@H](C(=O)N[C@H](C(=O)O)c5cc(O)cc(O)c5-c5cc3ccc5O)[C@H](O)c3ccc(c(Cl)c3)O4)O[C@H](CO)[C@@H](O)[C@@H]2O)C[C@](C)(NCc2ccc(-c3ccc(Cl)cc3)cc2)[C@@H]1O. The van der Waals surface area contributed by atoms with E-state index >= 15 is 14.4 Å². The fraction of sp³-hybridized carbons (Fsp3) is 0.319. The Labute approximate surface area is 616 Å². The number of benzene rings is 7. The van der Waals surface area contributed by atoms with E-state index in [9.17, 15) is 70.2 Å². The van der Waals surface area contributed by atoms with Gasteiger partial charge >= 0.3 is 5.97 Å². The van der Waals surface area contributed by atoms with E-state index < -0.39 is 219 Å². The molecule has 0 saturated carbocycles. The lowest BCUT2D eigenvalue weighted by Gasteiger charge is -2.48. The van der Waals surface area contributed by atoms with Gasteiger partial charge in [0.1, 0.15) is 89.5 Å². The summed E-state index contributed by atoms with van der Waals surface area (Å²) in [6.45, 7) is 2.55. The summed E-state index contributed by atoms with van der Waals surface area (Å²) in [5, 5.41) is 130. The van der Waals surface area contributed by atoms with Gasteiger partial charge in [-0.3, -0.25) is 28.8 Å². The van der Waals surface area contributed by atoms with Crippen LogP contribution in [0.3, 0.4) is 0 Å². The summed E-state index contributed by atoms with van der Waals surface area (Å²) in [4.78, 5) is 101. The van der Waals surface area contributed by atoms with Crippen molar-refractivity contribution >= 4 is 76.2 Å². The van der Waals surface area contributed by atoms with Gasteiger partial charge in [-0.2, -0.15) is 0 Å². The first-order valence-electron chi connectivity index (χ1n) is 32.9. The molecule has 106 heavy (non-hydrogen) atoms. The number of primary amides is 1. The Hall–Kier alpha value is -9.94. The molecule has 7 heterocycles. The number of halogens is 3. The summed E-state index contributed by atoms with van der Waals surface area (Å²) in [6, 6.07) is 15.8. The van der Waals surface area contributed by atoms with Crippen LogP contribution in [0.5, 0.6) is 46.0 Å². The maximum atomic E-state index is 15.9. The molecule has 0 spiro atoms. The molecule has 7 aromatic carbocycles. The predicted molar refractivity (Wildman–Crippen MR) is 373 cm³/mol. The molecule has 14 rings (SSSR count). The number of carbonyl (C=O) groups excluding carboxylic acids is 6. The Morgan fingerprint density at radius 3 is 1.85 bits per heavy atom. The number of carbonyl (C=O) groups is 7. The number of rotatable bonds is 12. The van der Waals surface area contributed by atoms with Crippen LogP contribution in [0.15, 0.2) is 127 Å². The second-order valence-electron chi connectivity index (χ2n) is 26.3. The Morgan fingerprint density at radius 1 is 0.642 bits per heavy atom. The molecule has 20 N–H and O–H groups in total. The van der Waals surface area contributed by atoms with E-state index in [1.807, 2.05) is 36.4 Å². The standard InChI is InChI=1S/C72H71Cl3N8O23/c1-28-64(93)72(2,78-26-29-3-5-30(6-4-29)31-7-12-36(73)13-8-31)25-51(101-28)105-63-61(92)60(91)49(27-84)104-71(63)106-62-47-20-35-21-48(62)103-46-16-11-34(19-41(46)75)59(90)57-69(98)82-56(70(99)100)39-22-37(85)23-44(87)52(39)38-17-32(9-14-43(38)86)54(67(96)83-57)81-68(97)55(35)80-65(94)42(24-50(76)88)79-66(95)53(77)58(89)33-10-15-45(102-47)40(74)18-33/h3-23,28,42,49,51,53-61,63-64,71,78,84-87,89-93H,24-27,77H2,1-2H3,(H2,76,88)(H,79,95)(H,80,94)(H,81,97)(H,82,98)(H,83,96)(H,99,100)/t28-,42-,49+,51-,53+,54+,55+,56-,57-,58+,59+,60+,61-,63+,64+,71-,72-/m0/s1. The van der Waals surface area contributed by atoms with Gasteiger partial charge in [0.15, 0.2) is 29.9 Å². The summed E-state index contributed by atoms with van der Waals surface area (Å²) in [5.41, 5.74) is 10.7. The minimum atomic E-state index is -2.30. The van der Waals surface area contributed by atoms with E-state index in [0.717, 1.165) is 83.4 Å². The molecule has 0 unspecified atom stereocenters. The Morgan fingerprint density at radius 2 is 1.24 bits per heavy atom. The normalized spacial score (nSPS) is 28.2. The van der Waals surface area contributed by atoms with E-state index in [2.05, 4.69) is 31.9 Å². The third-order valence-electron chi connectivity index (χ3n) is 18.9. The van der Waals surface area contributed by atoms with Gasteiger partial charge in [-0.25, -0.2) is 4.79 Å². The number of phenolic OH excluding ortho intramolecular Hbond substituents is 3. The number of aliphatic hydroxyl groups excluding tert-OH is 6. The number of nitrogens with one attached hydrogen (secondary N) is 6. The summed E-state index contributed by atoms with van der Waals surface area (Å²) in [5.74, 6) is -14.7. The average molecular weight is 1520 g/mol. The number of hydrogen-bond acceptors (Lipinski definition) is 24. The second-order valence-corrected chi connectivity index (χ2v) is 27.5. The van der Waals surface area contributed by atoms with Crippen LogP contribution in [0.4, 0.5) is 0 Å². The highest BCUT2D eigenvalue weighted by atomic mass is 35.5. The van der Waals surface area contributed by atoms with Gasteiger partial charge in [0.25, 0.3) is 0 Å². The van der Waals surface area contributed by atoms with Crippen LogP contribution in [0.25, 0.3) is 22.3 Å². The first kappa shape index (κ1) is 75.7. The van der Waals surface area contributed by atoms with Gasteiger partial charge in [0.05, 0.1) is 35.3 Å². The molecule has 34 heteroatoms. The van der Waals surface area contributed by atoms with Crippen molar-refractivity contribution in [1.82, 2.24) is 31.9 Å². The first-order chi connectivity index (χ1) is 50.4. The number of aliphatic hydroxyl groups is 6. The summed E-state index contributed by atoms with van der Waals surface area (Å²) in [6.07, 6.45) is -18.4. The zero-order chi connectivity index (χ0) is 76.1. The van der Waals surface area contributed by atoms with E-state index in [0.29, 0.717) is 5.02 Å². The lowest BCUT2D eigenvalue weighted by Crippen LogP contribution is -2.65. The van der Waals surface area contributed by atoms with Crippen LogP contribution in [-0.4, -0.2) is 172 Å². The number of phenols is 3. The summed E-state index contributed by atoms with van der Waals surface area (Å²) in [7, 11) is 0. The highest BCUT2D eigenvalue weighted by molar-refractivity contribution is 6.32. The molecule has 7 aromatic rings. The van der Waals surface area contributed by atoms with Crippen LogP contribution in [-0.2, 0) is 54.3 Å². The first-order valence-corrected chi connectivity index (χ1v) is 34.0. The van der Waals surface area contributed by atoms with Gasteiger partial charge in [-0.05, 0) is 120 Å². The third kappa shape index (κ3) is 15.7. The lowest BCUT2D eigenvalue weighted by atomic mass is 9.84. The number of nitrogens with two attached hydrogens (primary N) is 2. The van der Waals surface area contributed by atoms with Gasteiger partial charge < -0.3 is 123 Å². The van der Waals surface area contributed by atoms with Crippen LogP contribution < -0.4 is 57.6 Å². The largest absolute Gasteiger partial charge is 0.508 e. The molecule has 0 radical (unpaired) electrons. The maximum absolute atomic E-state index is 15.9. The zero-order valence-electron chi connectivity index (χ0n) is 55.8. The molecule has 0 aliphatic carbocycles. The number of carboxylic acid groups (broad SMARTS) is 1. The Bertz CT molecular complexity index is 4600. The molecule has 11 bridgehead atoms. The van der Waals surface area contributed by atoms with E-state index in [1.165, 1.54) is 12.1 Å². The summed E-state index contributed by atoms with van der Waals surface area (Å²) < 4.78 is 39.1. The topological polar surface area (TPSA) is 501 Å². The van der Waals surface area contributed by atoms with Crippen LogP contribution in [0.2, 0.25) is 15.1 Å². The number of ether oxygens (including phenoxy) is 6. The van der Waals surface area contributed by atoms with Crippen molar-refractivity contribution in [2.45, 2.75) is 136 Å². The van der Waals surface area contributed by atoms with Gasteiger partial charge in [0.2, 0.25) is 47.5 Å². The maximum Gasteiger partial charge on any atom is 0.330 e. The predicted octanol–water partition coefficient (Wildman–Crippen LogP) is 3.47. The van der Waals surface area contributed by atoms with Crippen molar-refractivity contribution in [1.29, 1.82) is 0 Å². The van der Waals surface area contributed by atoms with Gasteiger partial charge in [-0.1, -0.05) is 89.4 Å². The average Bonchev–Trinajstić information content (AvgIpc) is 0.768. The van der Waals surface area contributed by atoms with Crippen molar-refractivity contribution in [3.8, 4) is 68.2 Å². The monoisotopic (exact) mass is 1520 g/mol. The highest BCUT2D eigenvalue weighted by Gasteiger charge is 2.52. The number of hydrogen-bond donors (Lipinski definition) is 18. The fourth-order valence-electron chi connectivity index (χ4n) is 13.2. The van der Waals surface area contributed by atoms with Crippen molar-refractivity contribution in [3.05, 3.63) is 176 Å².